The third kappa shape index (κ3) is 2.46. The van der Waals surface area contributed by atoms with Crippen molar-refractivity contribution in [2.24, 2.45) is 0 Å². The predicted octanol–water partition coefficient (Wildman–Crippen LogP) is 4.83. The molecule has 3 rings (SSSR count). The molecule has 0 spiro atoms. The van der Waals surface area contributed by atoms with Gasteiger partial charge in [0.1, 0.15) is 0 Å². The molecule has 0 bridgehead atoms. The van der Waals surface area contributed by atoms with Crippen LogP contribution < -0.4 is 5.32 Å². The van der Waals surface area contributed by atoms with E-state index >= 15 is 0 Å². The van der Waals surface area contributed by atoms with E-state index in [0.717, 1.165) is 6.42 Å². The molecule has 1 nitrogen and oxygen atoms in total. The number of hydrogen-bond donors (Lipinski definition) is 1. The van der Waals surface area contributed by atoms with E-state index in [1.807, 2.05) is 29.7 Å². The van der Waals surface area contributed by atoms with Crippen molar-refractivity contribution in [3.8, 4) is 0 Å². The number of hydrogen-bond acceptors (Lipinski definition) is 3. The van der Waals surface area contributed by atoms with Crippen LogP contribution in [0, 0.1) is 0 Å². The maximum Gasteiger partial charge on any atom is 0.0763 e. The van der Waals surface area contributed by atoms with Crippen molar-refractivity contribution < 1.29 is 0 Å². The highest BCUT2D eigenvalue weighted by Gasteiger charge is 2.16. The van der Waals surface area contributed by atoms with Gasteiger partial charge in [-0.15, -0.1) is 22.7 Å². The van der Waals surface area contributed by atoms with Crippen molar-refractivity contribution in [2.45, 2.75) is 19.4 Å². The summed E-state index contributed by atoms with van der Waals surface area (Å²) in [5.41, 5.74) is 0. The van der Waals surface area contributed by atoms with E-state index in [9.17, 15) is 0 Å². The van der Waals surface area contributed by atoms with E-state index in [1.54, 1.807) is 0 Å². The van der Waals surface area contributed by atoms with Crippen LogP contribution in [0.5, 0.6) is 0 Å². The summed E-state index contributed by atoms with van der Waals surface area (Å²) >= 11 is 3.80. The molecule has 1 atom stereocenters. The van der Waals surface area contributed by atoms with Gasteiger partial charge in [0.15, 0.2) is 0 Å². The third-order valence-corrected chi connectivity index (χ3v) is 5.81. The van der Waals surface area contributed by atoms with Crippen molar-refractivity contribution >= 4 is 32.8 Å². The van der Waals surface area contributed by atoms with Crippen molar-refractivity contribution in [3.05, 3.63) is 57.1 Å². The zero-order valence-electron chi connectivity index (χ0n) is 11.1. The predicted molar refractivity (Wildman–Crippen MR) is 86.4 cm³/mol. The van der Waals surface area contributed by atoms with Crippen LogP contribution in [-0.4, -0.2) is 7.05 Å². The minimum atomic E-state index is 0.322. The molecule has 0 aliphatic heterocycles. The maximum atomic E-state index is 3.45. The third-order valence-electron chi connectivity index (χ3n) is 3.33. The first-order valence-corrected chi connectivity index (χ1v) is 8.19. The highest BCUT2D eigenvalue weighted by molar-refractivity contribution is 7.19. The summed E-state index contributed by atoms with van der Waals surface area (Å²) in [5.74, 6) is 0. The summed E-state index contributed by atoms with van der Waals surface area (Å²) in [6.45, 7) is 2.21. The molecule has 19 heavy (non-hydrogen) atoms. The first kappa shape index (κ1) is 12.9. The lowest BCUT2D eigenvalue weighted by atomic mass is 10.1. The van der Waals surface area contributed by atoms with Crippen LogP contribution >= 0.6 is 22.7 Å². The Morgan fingerprint density at radius 3 is 2.58 bits per heavy atom. The van der Waals surface area contributed by atoms with Gasteiger partial charge in [-0.25, -0.2) is 0 Å². The van der Waals surface area contributed by atoms with E-state index in [0.29, 0.717) is 6.04 Å². The number of aryl methyl sites for hydroxylation is 1. The molecule has 2 aromatic heterocycles. The number of thiophene rings is 2. The summed E-state index contributed by atoms with van der Waals surface area (Å²) < 4.78 is 1.37. The zero-order chi connectivity index (χ0) is 13.2. The molecule has 0 fully saturated rings. The Balaban J connectivity index is 2.01. The molecule has 0 amide bonds. The van der Waals surface area contributed by atoms with Crippen LogP contribution in [0.4, 0.5) is 0 Å². The summed E-state index contributed by atoms with van der Waals surface area (Å²) in [4.78, 5) is 4.26. The van der Waals surface area contributed by atoms with Gasteiger partial charge < -0.3 is 5.32 Å². The topological polar surface area (TPSA) is 12.0 Å². The fourth-order valence-electron chi connectivity index (χ4n) is 2.31. The molecule has 0 saturated carbocycles. The van der Waals surface area contributed by atoms with Crippen LogP contribution in [0.25, 0.3) is 10.1 Å². The average molecular weight is 287 g/mol. The highest BCUT2D eigenvalue weighted by atomic mass is 32.1. The minimum Gasteiger partial charge on any atom is -0.308 e. The fraction of sp³-hybridized carbons (Fsp3) is 0.250. The second kappa shape index (κ2) is 5.45. The molecule has 3 aromatic rings. The van der Waals surface area contributed by atoms with Crippen LogP contribution in [0.1, 0.15) is 27.6 Å². The van der Waals surface area contributed by atoms with Crippen molar-refractivity contribution in [1.82, 2.24) is 5.32 Å². The van der Waals surface area contributed by atoms with Crippen LogP contribution in [0.3, 0.4) is 0 Å². The van der Waals surface area contributed by atoms with Crippen LogP contribution in [0.2, 0.25) is 0 Å². The van der Waals surface area contributed by atoms with Gasteiger partial charge in [-0.3, -0.25) is 0 Å². The summed E-state index contributed by atoms with van der Waals surface area (Å²) in [6, 6.07) is 15.7. The van der Waals surface area contributed by atoms with E-state index in [2.05, 4.69) is 54.7 Å². The lowest BCUT2D eigenvalue weighted by molar-refractivity contribution is 0.716. The Hall–Kier alpha value is -1.16. The van der Waals surface area contributed by atoms with Gasteiger partial charge in [-0.05, 0) is 43.1 Å². The van der Waals surface area contributed by atoms with Gasteiger partial charge in [0.25, 0.3) is 0 Å². The zero-order valence-corrected chi connectivity index (χ0v) is 12.8. The van der Waals surface area contributed by atoms with Crippen molar-refractivity contribution in [2.75, 3.05) is 7.05 Å². The molecule has 1 N–H and O–H groups in total. The molecule has 1 unspecified atom stereocenters. The second-order valence-corrected chi connectivity index (χ2v) is 6.88. The summed E-state index contributed by atoms with van der Waals surface area (Å²) in [7, 11) is 2.04. The van der Waals surface area contributed by atoms with Gasteiger partial charge in [-0.1, -0.05) is 25.1 Å². The van der Waals surface area contributed by atoms with Gasteiger partial charge in [0, 0.05) is 19.3 Å². The fourth-order valence-corrected chi connectivity index (χ4v) is 4.66. The lowest BCUT2D eigenvalue weighted by Gasteiger charge is -2.12. The molecule has 0 aliphatic rings. The molecular formula is C16H17NS2. The Bertz CT molecular complexity index is 648. The number of nitrogens with one attached hydrogen (secondary N) is 1. The van der Waals surface area contributed by atoms with Crippen molar-refractivity contribution in [1.29, 1.82) is 0 Å². The van der Waals surface area contributed by atoms with E-state index in [1.165, 1.54) is 24.7 Å². The minimum absolute atomic E-state index is 0.322. The summed E-state index contributed by atoms with van der Waals surface area (Å²) in [6.07, 6.45) is 1.12. The Morgan fingerprint density at radius 2 is 1.89 bits per heavy atom. The molecule has 0 aliphatic carbocycles. The van der Waals surface area contributed by atoms with Gasteiger partial charge in [0.05, 0.1) is 6.04 Å². The monoisotopic (exact) mass is 287 g/mol. The standard InChI is InChI=1S/C16H17NS2/c1-3-12-8-9-14(18-12)16(17-2)15-10-11-6-4-5-7-13(11)19-15/h4-10,16-17H,3H2,1-2H3. The SMILES string of the molecule is CCc1ccc(C(NC)c2cc3ccccc3s2)s1. The van der Waals surface area contributed by atoms with Crippen LogP contribution in [-0.2, 0) is 6.42 Å². The molecule has 3 heteroatoms. The van der Waals surface area contributed by atoms with Crippen molar-refractivity contribution in [3.63, 3.8) is 0 Å². The smallest absolute Gasteiger partial charge is 0.0763 e. The molecular weight excluding hydrogens is 270 g/mol. The Labute approximate surface area is 121 Å². The quantitative estimate of drug-likeness (QED) is 0.724. The molecule has 2 heterocycles. The number of benzene rings is 1. The molecule has 0 saturated heterocycles. The van der Waals surface area contributed by atoms with Gasteiger partial charge in [0.2, 0.25) is 0 Å². The van der Waals surface area contributed by atoms with E-state index in [-0.39, 0.29) is 0 Å². The van der Waals surface area contributed by atoms with E-state index < -0.39 is 0 Å². The lowest BCUT2D eigenvalue weighted by Crippen LogP contribution is -2.14. The first-order valence-electron chi connectivity index (χ1n) is 6.56. The van der Waals surface area contributed by atoms with E-state index in [4.69, 9.17) is 0 Å². The van der Waals surface area contributed by atoms with Gasteiger partial charge in [-0.2, -0.15) is 0 Å². The Morgan fingerprint density at radius 1 is 1.05 bits per heavy atom. The second-order valence-electron chi connectivity index (χ2n) is 4.57. The van der Waals surface area contributed by atoms with Crippen LogP contribution in [0.15, 0.2) is 42.5 Å². The molecule has 98 valence electrons. The maximum absolute atomic E-state index is 3.45. The summed E-state index contributed by atoms with van der Waals surface area (Å²) in [5, 5.41) is 4.80. The molecule has 0 radical (unpaired) electrons. The number of rotatable bonds is 4. The molecule has 1 aromatic carbocycles. The highest BCUT2D eigenvalue weighted by Crippen LogP contribution is 2.35. The average Bonchev–Trinajstić information content (AvgIpc) is 3.05. The number of fused-ring (bicyclic) bond motifs is 1. The normalized spacial score (nSPS) is 12.9. The Kier molecular flexibility index (Phi) is 3.69. The first-order chi connectivity index (χ1) is 9.31. The largest absolute Gasteiger partial charge is 0.308 e. The van der Waals surface area contributed by atoms with Gasteiger partial charge >= 0.3 is 0 Å².